The molecule has 1 aliphatic rings. The molecule has 1 amide bonds. The summed E-state index contributed by atoms with van der Waals surface area (Å²) in [4.78, 5) is 30.1. The molecule has 4 aromatic rings. The number of carbonyl (C=O) groups is 2. The van der Waals surface area contributed by atoms with Crippen LogP contribution in [0.3, 0.4) is 0 Å². The Morgan fingerprint density at radius 1 is 0.980 bits per heavy atom. The van der Waals surface area contributed by atoms with Gasteiger partial charge in [-0.2, -0.15) is 0 Å². The third kappa shape index (κ3) is 9.65. The number of aromatic carboxylic acids is 1. The largest absolute Gasteiger partial charge is 0.489 e. The zero-order valence-corrected chi connectivity index (χ0v) is 29.8. The molecule has 10 heteroatoms. The number of carbonyl (C=O) groups excluding carboxylic acids is 1. The molecule has 0 aliphatic heterocycles. The second-order valence-electron chi connectivity index (χ2n) is 14.0. The number of imidazole rings is 1. The molecule has 1 fully saturated rings. The monoisotopic (exact) mass is 705 g/mol. The summed E-state index contributed by atoms with van der Waals surface area (Å²) in [5.41, 5.74) is 3.70. The topological polar surface area (TPSA) is 114 Å². The van der Waals surface area contributed by atoms with Crippen LogP contribution in [0, 0.1) is 17.3 Å². The molecule has 1 aliphatic carbocycles. The van der Waals surface area contributed by atoms with Gasteiger partial charge in [-0.3, -0.25) is 4.79 Å². The SMILES string of the molecule is CC(C)(C)C1CCC(C(=O)N[C@@H](Cc2ccc(OCc3ccc(C(=O)O)cc3)cc2)c2nc(-c3ccc(Cl)cc3Cl)cn2CCCO)CC1. The fraction of sp³-hybridized carbons (Fsp3) is 0.410. The molecule has 0 radical (unpaired) electrons. The zero-order valence-electron chi connectivity index (χ0n) is 28.3. The Balaban J connectivity index is 1.38. The quantitative estimate of drug-likeness (QED) is 0.128. The van der Waals surface area contributed by atoms with Crippen molar-refractivity contribution in [2.45, 2.75) is 78.5 Å². The second-order valence-corrected chi connectivity index (χ2v) is 14.8. The van der Waals surface area contributed by atoms with Crippen molar-refractivity contribution in [2.24, 2.45) is 17.3 Å². The van der Waals surface area contributed by atoms with Crippen LogP contribution >= 0.6 is 23.2 Å². The van der Waals surface area contributed by atoms with Gasteiger partial charge in [-0.25, -0.2) is 9.78 Å². The summed E-state index contributed by atoms with van der Waals surface area (Å²) in [5, 5.41) is 23.2. The minimum Gasteiger partial charge on any atom is -0.489 e. The lowest BCUT2D eigenvalue weighted by molar-refractivity contribution is -0.127. The highest BCUT2D eigenvalue weighted by Crippen LogP contribution is 2.40. The van der Waals surface area contributed by atoms with E-state index >= 15 is 0 Å². The third-order valence-electron chi connectivity index (χ3n) is 9.49. The van der Waals surface area contributed by atoms with Crippen LogP contribution in [0.5, 0.6) is 5.75 Å². The molecule has 1 aromatic heterocycles. The van der Waals surface area contributed by atoms with E-state index < -0.39 is 12.0 Å². The van der Waals surface area contributed by atoms with Gasteiger partial charge in [0.25, 0.3) is 0 Å². The summed E-state index contributed by atoms with van der Waals surface area (Å²) in [7, 11) is 0. The summed E-state index contributed by atoms with van der Waals surface area (Å²) in [6.45, 7) is 7.67. The fourth-order valence-electron chi connectivity index (χ4n) is 6.54. The van der Waals surface area contributed by atoms with Crippen molar-refractivity contribution in [2.75, 3.05) is 6.61 Å². The minimum absolute atomic E-state index is 0.0217. The number of hydrogen-bond donors (Lipinski definition) is 3. The molecule has 3 N–H and O–H groups in total. The molecule has 260 valence electrons. The molecule has 0 unspecified atom stereocenters. The van der Waals surface area contributed by atoms with Crippen LogP contribution in [-0.4, -0.2) is 38.2 Å². The van der Waals surface area contributed by atoms with Gasteiger partial charge in [-0.05, 0) is 103 Å². The Kier molecular flexibility index (Phi) is 12.1. The summed E-state index contributed by atoms with van der Waals surface area (Å²) >= 11 is 12.8. The summed E-state index contributed by atoms with van der Waals surface area (Å²) in [6, 6.07) is 19.2. The van der Waals surface area contributed by atoms with Crippen LogP contribution in [0.1, 0.15) is 86.2 Å². The maximum absolute atomic E-state index is 13.9. The second kappa shape index (κ2) is 16.2. The number of carboxylic acid groups (broad SMARTS) is 1. The zero-order chi connectivity index (χ0) is 35.1. The van der Waals surface area contributed by atoms with E-state index in [2.05, 4.69) is 26.1 Å². The number of carboxylic acids is 1. The van der Waals surface area contributed by atoms with E-state index in [1.54, 1.807) is 36.4 Å². The van der Waals surface area contributed by atoms with Crippen LogP contribution in [-0.2, 0) is 24.4 Å². The first-order valence-electron chi connectivity index (χ1n) is 16.9. The number of nitrogens with one attached hydrogen (secondary N) is 1. The number of aromatic nitrogens is 2. The highest BCUT2D eigenvalue weighted by Gasteiger charge is 2.34. The number of benzene rings is 3. The number of amides is 1. The van der Waals surface area contributed by atoms with Crippen LogP contribution in [0.4, 0.5) is 0 Å². The molecule has 1 saturated carbocycles. The number of aliphatic hydroxyl groups excluding tert-OH is 1. The molecule has 5 rings (SSSR count). The van der Waals surface area contributed by atoms with Crippen LogP contribution in [0.25, 0.3) is 11.3 Å². The van der Waals surface area contributed by atoms with E-state index in [1.807, 2.05) is 41.1 Å². The van der Waals surface area contributed by atoms with Gasteiger partial charge in [-0.1, -0.05) is 68.2 Å². The van der Waals surface area contributed by atoms with E-state index in [0.29, 0.717) is 59.2 Å². The van der Waals surface area contributed by atoms with Crippen molar-refractivity contribution >= 4 is 35.1 Å². The van der Waals surface area contributed by atoms with Gasteiger partial charge < -0.3 is 24.8 Å². The molecule has 0 bridgehead atoms. The van der Waals surface area contributed by atoms with Crippen molar-refractivity contribution in [3.8, 4) is 17.0 Å². The van der Waals surface area contributed by atoms with Gasteiger partial charge in [0.15, 0.2) is 0 Å². The number of aliphatic hydroxyl groups is 1. The number of nitrogens with zero attached hydrogens (tertiary/aromatic N) is 2. The Morgan fingerprint density at radius 3 is 2.27 bits per heavy atom. The number of hydrogen-bond acceptors (Lipinski definition) is 5. The van der Waals surface area contributed by atoms with Crippen LogP contribution in [0.15, 0.2) is 72.9 Å². The van der Waals surface area contributed by atoms with Gasteiger partial charge >= 0.3 is 5.97 Å². The highest BCUT2D eigenvalue weighted by molar-refractivity contribution is 6.36. The average Bonchev–Trinajstić information content (AvgIpc) is 3.50. The number of halogens is 2. The summed E-state index contributed by atoms with van der Waals surface area (Å²) in [6.07, 6.45) is 6.72. The Labute approximate surface area is 298 Å². The summed E-state index contributed by atoms with van der Waals surface area (Å²) < 4.78 is 7.97. The van der Waals surface area contributed by atoms with Crippen LogP contribution < -0.4 is 10.1 Å². The maximum atomic E-state index is 13.9. The Bertz CT molecular complexity index is 1720. The van der Waals surface area contributed by atoms with Gasteiger partial charge in [0, 0.05) is 35.9 Å². The van der Waals surface area contributed by atoms with Gasteiger partial charge in [0.2, 0.25) is 5.91 Å². The molecular formula is C39H45Cl2N3O5. The van der Waals surface area contributed by atoms with E-state index in [0.717, 1.165) is 42.4 Å². The third-order valence-corrected chi connectivity index (χ3v) is 10.0. The van der Waals surface area contributed by atoms with Gasteiger partial charge in [0.05, 0.1) is 22.3 Å². The normalized spacial score (nSPS) is 17.0. The minimum atomic E-state index is -0.966. The molecule has 0 spiro atoms. The van der Waals surface area contributed by atoms with E-state index in [1.165, 1.54) is 0 Å². The first kappa shape index (κ1) is 36.4. The molecule has 3 aromatic carbocycles. The van der Waals surface area contributed by atoms with Crippen LogP contribution in [0.2, 0.25) is 10.0 Å². The van der Waals surface area contributed by atoms with Crippen molar-refractivity contribution in [1.82, 2.24) is 14.9 Å². The van der Waals surface area contributed by atoms with Gasteiger partial charge in [0.1, 0.15) is 18.2 Å². The molecule has 1 heterocycles. The summed E-state index contributed by atoms with van der Waals surface area (Å²) in [5.74, 6) is 0.969. The molecule has 8 nitrogen and oxygen atoms in total. The number of rotatable bonds is 13. The molecule has 49 heavy (non-hydrogen) atoms. The number of aryl methyl sites for hydroxylation is 1. The highest BCUT2D eigenvalue weighted by atomic mass is 35.5. The first-order chi connectivity index (χ1) is 23.4. The Morgan fingerprint density at radius 2 is 1.65 bits per heavy atom. The Hall–Kier alpha value is -3.85. The van der Waals surface area contributed by atoms with E-state index in [4.69, 9.17) is 38.0 Å². The standard InChI is InChI=1S/C39H45Cl2N3O5/c1-39(2,3)29-13-11-27(12-14-29)37(46)43-34(36-42-35(23-44(36)19-4-20-45)32-18-15-30(40)22-33(32)41)21-25-7-16-31(17-8-25)49-24-26-5-9-28(10-6-26)38(47)48/h5-10,15-18,22-23,27,29,34,45H,4,11-14,19-21,24H2,1-3H3,(H,43,46)(H,47,48)/t27?,29?,34-/m0/s1. The van der Waals surface area contributed by atoms with E-state index in [-0.39, 0.29) is 29.4 Å². The van der Waals surface area contributed by atoms with E-state index in [9.17, 15) is 14.7 Å². The van der Waals surface area contributed by atoms with Crippen molar-refractivity contribution in [1.29, 1.82) is 0 Å². The van der Waals surface area contributed by atoms with Gasteiger partial charge in [-0.15, -0.1) is 0 Å². The van der Waals surface area contributed by atoms with Crippen molar-refractivity contribution < 1.29 is 24.5 Å². The molecule has 0 saturated heterocycles. The molecular weight excluding hydrogens is 661 g/mol. The fourth-order valence-corrected chi connectivity index (χ4v) is 7.05. The molecule has 1 atom stereocenters. The van der Waals surface area contributed by atoms with Crippen molar-refractivity contribution in [3.05, 3.63) is 105 Å². The lowest BCUT2D eigenvalue weighted by Crippen LogP contribution is -2.39. The first-order valence-corrected chi connectivity index (χ1v) is 17.6. The lowest BCUT2D eigenvalue weighted by Gasteiger charge is -2.36. The van der Waals surface area contributed by atoms with Crippen molar-refractivity contribution in [3.63, 3.8) is 0 Å². The smallest absolute Gasteiger partial charge is 0.335 e. The predicted octanol–water partition coefficient (Wildman–Crippen LogP) is 8.77. The predicted molar refractivity (Wildman–Crippen MR) is 193 cm³/mol. The number of ether oxygens (including phenoxy) is 1. The average molecular weight is 707 g/mol. The lowest BCUT2D eigenvalue weighted by atomic mass is 9.69. The maximum Gasteiger partial charge on any atom is 0.335 e.